The van der Waals surface area contributed by atoms with Gasteiger partial charge in [-0.05, 0) is 43.0 Å². The lowest BCUT2D eigenvalue weighted by molar-refractivity contribution is -0.140. The summed E-state index contributed by atoms with van der Waals surface area (Å²) in [5.41, 5.74) is 1.81. The number of carbonyl (C=O) groups excluding carboxylic acids is 4. The Labute approximate surface area is 241 Å². The number of ether oxygens (including phenoxy) is 1. The van der Waals surface area contributed by atoms with E-state index in [1.807, 2.05) is 60.7 Å². The van der Waals surface area contributed by atoms with Crippen molar-refractivity contribution in [2.75, 3.05) is 52.5 Å². The van der Waals surface area contributed by atoms with E-state index in [0.29, 0.717) is 45.7 Å². The number of amides is 3. The zero-order valence-electron chi connectivity index (χ0n) is 23.5. The van der Waals surface area contributed by atoms with Gasteiger partial charge in [0.15, 0.2) is 0 Å². The number of hydrogen-bond acceptors (Lipinski definition) is 6. The number of likely N-dealkylation sites (tertiary alicyclic amines) is 1. The number of nitrogens with one attached hydrogen (secondary N) is 2. The Morgan fingerprint density at radius 2 is 1.56 bits per heavy atom. The number of hydrogen-bond donors (Lipinski definition) is 2. The third-order valence-corrected chi connectivity index (χ3v) is 7.58. The molecule has 3 amide bonds. The Kier molecular flexibility index (Phi) is 11.6. The quantitative estimate of drug-likeness (QED) is 0.234. The van der Waals surface area contributed by atoms with Crippen LogP contribution in [0.15, 0.2) is 66.7 Å². The van der Waals surface area contributed by atoms with E-state index in [4.69, 9.17) is 4.74 Å². The molecule has 0 radical (unpaired) electrons. The molecule has 2 heterocycles. The highest BCUT2D eigenvalue weighted by Gasteiger charge is 2.32. The maximum absolute atomic E-state index is 13.2. The molecular weight excluding hydrogens is 520 g/mol. The summed E-state index contributed by atoms with van der Waals surface area (Å²) < 4.78 is 5.36. The second-order valence-electron chi connectivity index (χ2n) is 10.5. The summed E-state index contributed by atoms with van der Waals surface area (Å²) in [6.07, 6.45) is 5.30. The van der Waals surface area contributed by atoms with Crippen molar-refractivity contribution in [3.05, 3.63) is 77.9 Å². The smallest absolute Gasteiger partial charge is 0.289 e. The molecule has 2 aromatic carbocycles. The molecule has 2 aromatic rings. The molecule has 2 fully saturated rings. The van der Waals surface area contributed by atoms with Crippen molar-refractivity contribution in [3.63, 3.8) is 0 Å². The van der Waals surface area contributed by atoms with Crippen molar-refractivity contribution < 1.29 is 23.9 Å². The maximum Gasteiger partial charge on any atom is 0.289 e. The first-order valence-corrected chi connectivity index (χ1v) is 14.5. The van der Waals surface area contributed by atoms with E-state index in [1.165, 1.54) is 0 Å². The van der Waals surface area contributed by atoms with Gasteiger partial charge in [-0.1, -0.05) is 60.7 Å². The van der Waals surface area contributed by atoms with Crippen LogP contribution in [-0.2, 0) is 30.3 Å². The molecule has 9 nitrogen and oxygen atoms in total. The fourth-order valence-electron chi connectivity index (χ4n) is 5.12. The number of morpholine rings is 1. The average molecular weight is 561 g/mol. The number of nitrogens with zero attached hydrogens (tertiary/aromatic N) is 2. The molecule has 4 rings (SSSR count). The van der Waals surface area contributed by atoms with Gasteiger partial charge in [0.1, 0.15) is 6.04 Å². The summed E-state index contributed by atoms with van der Waals surface area (Å²) in [6, 6.07) is 18.0. The summed E-state index contributed by atoms with van der Waals surface area (Å²) in [5.74, 6) is -2.01. The minimum Gasteiger partial charge on any atom is -0.379 e. The highest BCUT2D eigenvalue weighted by Crippen LogP contribution is 2.19. The van der Waals surface area contributed by atoms with Crippen LogP contribution in [-0.4, -0.2) is 91.8 Å². The molecule has 9 heteroatoms. The van der Waals surface area contributed by atoms with Gasteiger partial charge < -0.3 is 20.3 Å². The van der Waals surface area contributed by atoms with E-state index in [-0.39, 0.29) is 24.2 Å². The standard InChI is InChI=1S/C32H40N4O5/c37-29(13-12-25-8-3-1-4-9-25)36-18-14-27(15-19-36)31(39)34-28(24-26-10-5-2-6-11-26)30(38)32(40)33-16-7-17-35-20-22-41-23-21-35/h1-6,8-13,27-28H,7,14-24H2,(H,33,40)(H,34,39)/b13-12+. The molecule has 0 bridgehead atoms. The summed E-state index contributed by atoms with van der Waals surface area (Å²) in [5, 5.41) is 5.59. The second kappa shape index (κ2) is 15.8. The molecule has 1 unspecified atom stereocenters. The zero-order chi connectivity index (χ0) is 28.9. The Bertz CT molecular complexity index is 1170. The number of rotatable bonds is 12. The van der Waals surface area contributed by atoms with Crippen LogP contribution in [0, 0.1) is 5.92 Å². The highest BCUT2D eigenvalue weighted by molar-refractivity contribution is 6.38. The predicted molar refractivity (Wildman–Crippen MR) is 157 cm³/mol. The number of Topliss-reactive ketones (excluding diaryl/α,β-unsaturated/α-hetero) is 1. The van der Waals surface area contributed by atoms with E-state index in [9.17, 15) is 19.2 Å². The van der Waals surface area contributed by atoms with E-state index in [0.717, 1.165) is 37.2 Å². The van der Waals surface area contributed by atoms with Gasteiger partial charge in [0.05, 0.1) is 13.2 Å². The normalized spacial score (nSPS) is 17.2. The van der Waals surface area contributed by atoms with Gasteiger partial charge in [-0.3, -0.25) is 24.1 Å². The average Bonchev–Trinajstić information content (AvgIpc) is 3.02. The molecule has 0 aliphatic carbocycles. The third-order valence-electron chi connectivity index (χ3n) is 7.58. The molecule has 1 atom stereocenters. The summed E-state index contributed by atoms with van der Waals surface area (Å²) in [4.78, 5) is 55.8. The lowest BCUT2D eigenvalue weighted by atomic mass is 9.94. The Morgan fingerprint density at radius 1 is 0.902 bits per heavy atom. The number of benzene rings is 2. The highest BCUT2D eigenvalue weighted by atomic mass is 16.5. The predicted octanol–water partition coefficient (Wildman–Crippen LogP) is 2.07. The van der Waals surface area contributed by atoms with Crippen LogP contribution in [0.25, 0.3) is 6.08 Å². The van der Waals surface area contributed by atoms with E-state index >= 15 is 0 Å². The third kappa shape index (κ3) is 9.65. The van der Waals surface area contributed by atoms with Crippen molar-refractivity contribution in [3.8, 4) is 0 Å². The van der Waals surface area contributed by atoms with Crippen molar-refractivity contribution in [1.82, 2.24) is 20.4 Å². The van der Waals surface area contributed by atoms with Crippen molar-refractivity contribution >= 4 is 29.6 Å². The molecule has 2 aliphatic rings. The molecular formula is C32H40N4O5. The monoisotopic (exact) mass is 560 g/mol. The molecule has 0 spiro atoms. The molecule has 2 aliphatic heterocycles. The summed E-state index contributed by atoms with van der Waals surface area (Å²) in [6.45, 7) is 5.29. The Hall–Kier alpha value is -3.82. The van der Waals surface area contributed by atoms with Crippen LogP contribution in [0.4, 0.5) is 0 Å². The van der Waals surface area contributed by atoms with Crippen molar-refractivity contribution in [2.45, 2.75) is 31.7 Å². The largest absolute Gasteiger partial charge is 0.379 e. The van der Waals surface area contributed by atoms with Crippen LogP contribution in [0.3, 0.4) is 0 Å². The van der Waals surface area contributed by atoms with Crippen molar-refractivity contribution in [1.29, 1.82) is 0 Å². The molecule has 218 valence electrons. The SMILES string of the molecule is O=C(NCCCN1CCOCC1)C(=O)C(Cc1ccccc1)NC(=O)C1CCN(C(=O)/C=C/c2ccccc2)CC1. The van der Waals surface area contributed by atoms with E-state index in [1.54, 1.807) is 17.1 Å². The Morgan fingerprint density at radius 3 is 2.24 bits per heavy atom. The fraction of sp³-hybridized carbons (Fsp3) is 0.438. The topological polar surface area (TPSA) is 108 Å². The van der Waals surface area contributed by atoms with Crippen LogP contribution in [0.5, 0.6) is 0 Å². The molecule has 2 N–H and O–H groups in total. The van der Waals surface area contributed by atoms with Crippen LogP contribution < -0.4 is 10.6 Å². The second-order valence-corrected chi connectivity index (χ2v) is 10.5. The van der Waals surface area contributed by atoms with Gasteiger partial charge in [-0.15, -0.1) is 0 Å². The molecule has 0 saturated carbocycles. The van der Waals surface area contributed by atoms with Crippen molar-refractivity contribution in [2.24, 2.45) is 5.92 Å². The first-order chi connectivity index (χ1) is 20.0. The number of ketones is 1. The minimum atomic E-state index is -0.961. The number of piperidine rings is 1. The fourth-order valence-corrected chi connectivity index (χ4v) is 5.12. The zero-order valence-corrected chi connectivity index (χ0v) is 23.5. The minimum absolute atomic E-state index is 0.0878. The lowest BCUT2D eigenvalue weighted by Gasteiger charge is -2.31. The van der Waals surface area contributed by atoms with Crippen LogP contribution >= 0.6 is 0 Å². The van der Waals surface area contributed by atoms with Crippen LogP contribution in [0.2, 0.25) is 0 Å². The van der Waals surface area contributed by atoms with Gasteiger partial charge >= 0.3 is 0 Å². The first-order valence-electron chi connectivity index (χ1n) is 14.5. The molecule has 2 saturated heterocycles. The maximum atomic E-state index is 13.2. The molecule has 41 heavy (non-hydrogen) atoms. The lowest BCUT2D eigenvalue weighted by Crippen LogP contribution is -2.51. The van der Waals surface area contributed by atoms with E-state index in [2.05, 4.69) is 15.5 Å². The number of carbonyl (C=O) groups is 4. The van der Waals surface area contributed by atoms with E-state index < -0.39 is 17.7 Å². The molecule has 0 aromatic heterocycles. The van der Waals surface area contributed by atoms with Gasteiger partial charge in [-0.2, -0.15) is 0 Å². The van der Waals surface area contributed by atoms with Crippen LogP contribution in [0.1, 0.15) is 30.4 Å². The first kappa shape index (κ1) is 30.1. The Balaban J connectivity index is 1.28. The summed E-state index contributed by atoms with van der Waals surface area (Å²) in [7, 11) is 0. The summed E-state index contributed by atoms with van der Waals surface area (Å²) >= 11 is 0. The van der Waals surface area contributed by atoms with Gasteiger partial charge in [-0.25, -0.2) is 0 Å². The van der Waals surface area contributed by atoms with Gasteiger partial charge in [0.25, 0.3) is 5.91 Å². The van der Waals surface area contributed by atoms with Gasteiger partial charge in [0, 0.05) is 51.1 Å². The van der Waals surface area contributed by atoms with Gasteiger partial charge in [0.2, 0.25) is 17.6 Å².